The van der Waals surface area contributed by atoms with Crippen molar-refractivity contribution >= 4 is 27.3 Å². The third-order valence-corrected chi connectivity index (χ3v) is 7.39. The molecule has 2 saturated heterocycles. The molecule has 1 unspecified atom stereocenters. The molecule has 0 spiro atoms. The number of hydrogen-bond acceptors (Lipinski definition) is 4. The van der Waals surface area contributed by atoms with E-state index >= 15 is 0 Å². The average molecular weight is 357 g/mol. The van der Waals surface area contributed by atoms with Crippen molar-refractivity contribution in [1.29, 1.82) is 0 Å². The monoisotopic (exact) mass is 356 g/mol. The van der Waals surface area contributed by atoms with Crippen LogP contribution < -0.4 is 0 Å². The molecule has 0 bridgehead atoms. The van der Waals surface area contributed by atoms with Crippen molar-refractivity contribution in [3.05, 3.63) is 21.9 Å². The fourth-order valence-corrected chi connectivity index (χ4v) is 5.45. The Labute approximate surface area is 142 Å². The van der Waals surface area contributed by atoms with E-state index in [2.05, 4.69) is 0 Å². The molecule has 2 aliphatic heterocycles. The molecule has 3 rings (SSSR count). The minimum Gasteiger partial charge on any atom is -0.338 e. The third-order valence-electron chi connectivity index (χ3n) is 5.10. The maximum atomic E-state index is 12.5. The number of carbonyl (C=O) groups excluding carboxylic acids is 1. The second kappa shape index (κ2) is 6.53. The van der Waals surface area contributed by atoms with Gasteiger partial charge < -0.3 is 4.90 Å². The maximum Gasteiger partial charge on any atom is 0.263 e. The molecule has 128 valence electrons. The highest BCUT2D eigenvalue weighted by Gasteiger charge is 2.35. The number of aryl methyl sites for hydroxylation is 1. The highest BCUT2D eigenvalue weighted by Crippen LogP contribution is 2.33. The second-order valence-electron chi connectivity index (χ2n) is 6.71. The molecule has 2 fully saturated rings. The number of amides is 1. The number of nitrogens with zero attached hydrogens (tertiary/aromatic N) is 2. The van der Waals surface area contributed by atoms with Crippen molar-refractivity contribution < 1.29 is 13.2 Å². The van der Waals surface area contributed by atoms with Gasteiger partial charge in [-0.3, -0.25) is 4.79 Å². The Bertz CT molecular complexity index is 675. The van der Waals surface area contributed by atoms with Gasteiger partial charge >= 0.3 is 0 Å². The summed E-state index contributed by atoms with van der Waals surface area (Å²) in [5, 5.41) is 0. The third kappa shape index (κ3) is 3.78. The number of carbonyl (C=O) groups is 1. The van der Waals surface area contributed by atoms with Gasteiger partial charge in [0.25, 0.3) is 5.91 Å². The van der Waals surface area contributed by atoms with Crippen molar-refractivity contribution in [3.8, 4) is 0 Å². The molecule has 0 aromatic carbocycles. The van der Waals surface area contributed by atoms with Crippen LogP contribution in [0.5, 0.6) is 0 Å². The van der Waals surface area contributed by atoms with Gasteiger partial charge in [0.05, 0.1) is 11.1 Å². The topological polar surface area (TPSA) is 57.7 Å². The lowest BCUT2D eigenvalue weighted by molar-refractivity contribution is 0.0783. The standard InChI is InChI=1S/C16H24N2O3S2/c1-12-3-4-15(22-12)16(19)17-8-5-14(11-17)13-6-9-18(10-7-13)23(2,20)21/h3-4,13-14H,5-11H2,1-2H3. The van der Waals surface area contributed by atoms with Gasteiger partial charge in [-0.2, -0.15) is 0 Å². The van der Waals surface area contributed by atoms with Crippen LogP contribution in [0.3, 0.4) is 0 Å². The van der Waals surface area contributed by atoms with Crippen LogP contribution >= 0.6 is 11.3 Å². The Morgan fingerprint density at radius 2 is 1.78 bits per heavy atom. The van der Waals surface area contributed by atoms with E-state index in [0.717, 1.165) is 42.1 Å². The molecular formula is C16H24N2O3S2. The van der Waals surface area contributed by atoms with Crippen molar-refractivity contribution in [3.63, 3.8) is 0 Å². The molecule has 0 aliphatic carbocycles. The molecule has 0 radical (unpaired) electrons. The summed E-state index contributed by atoms with van der Waals surface area (Å²) in [5.74, 6) is 1.21. The number of likely N-dealkylation sites (tertiary alicyclic amines) is 1. The lowest BCUT2D eigenvalue weighted by Crippen LogP contribution is -2.40. The van der Waals surface area contributed by atoms with Crippen LogP contribution in [0, 0.1) is 18.8 Å². The van der Waals surface area contributed by atoms with Crippen molar-refractivity contribution in [2.24, 2.45) is 11.8 Å². The van der Waals surface area contributed by atoms with E-state index in [9.17, 15) is 13.2 Å². The quantitative estimate of drug-likeness (QED) is 0.834. The smallest absolute Gasteiger partial charge is 0.263 e. The number of rotatable bonds is 3. The Balaban J connectivity index is 1.55. The molecule has 1 aromatic heterocycles. The van der Waals surface area contributed by atoms with Crippen molar-refractivity contribution in [1.82, 2.24) is 9.21 Å². The Hall–Kier alpha value is -0.920. The molecule has 1 aromatic rings. The average Bonchev–Trinajstić information content (AvgIpc) is 3.15. The SMILES string of the molecule is Cc1ccc(C(=O)N2CCC(C3CCN(S(C)(=O)=O)CC3)C2)s1. The normalized spacial score (nSPS) is 24.3. The fraction of sp³-hybridized carbons (Fsp3) is 0.688. The van der Waals surface area contributed by atoms with Crippen LogP contribution in [-0.4, -0.2) is 56.0 Å². The summed E-state index contributed by atoms with van der Waals surface area (Å²) in [5.41, 5.74) is 0. The van der Waals surface area contributed by atoms with Crippen LogP contribution in [-0.2, 0) is 10.0 Å². The molecule has 3 heterocycles. The molecule has 23 heavy (non-hydrogen) atoms. The van der Waals surface area contributed by atoms with Crippen LogP contribution in [0.25, 0.3) is 0 Å². The van der Waals surface area contributed by atoms with Gasteiger partial charge in [-0.1, -0.05) is 0 Å². The zero-order valence-electron chi connectivity index (χ0n) is 13.7. The van der Waals surface area contributed by atoms with E-state index in [1.54, 1.807) is 15.6 Å². The second-order valence-corrected chi connectivity index (χ2v) is 9.98. The van der Waals surface area contributed by atoms with E-state index < -0.39 is 10.0 Å². The van der Waals surface area contributed by atoms with Crippen LogP contribution in [0.2, 0.25) is 0 Å². The lowest BCUT2D eigenvalue weighted by atomic mass is 9.84. The number of thiophene rings is 1. The Morgan fingerprint density at radius 3 is 2.35 bits per heavy atom. The first kappa shape index (κ1) is 16.9. The molecule has 5 nitrogen and oxygen atoms in total. The first-order chi connectivity index (χ1) is 10.8. The summed E-state index contributed by atoms with van der Waals surface area (Å²) in [7, 11) is -3.06. The van der Waals surface area contributed by atoms with E-state index in [1.165, 1.54) is 6.26 Å². The first-order valence-electron chi connectivity index (χ1n) is 8.15. The van der Waals surface area contributed by atoms with Crippen LogP contribution in [0.15, 0.2) is 12.1 Å². The summed E-state index contributed by atoms with van der Waals surface area (Å²) in [4.78, 5) is 16.5. The fourth-order valence-electron chi connectivity index (χ4n) is 3.74. The Morgan fingerprint density at radius 1 is 1.13 bits per heavy atom. The van der Waals surface area contributed by atoms with Gasteiger partial charge in [0.1, 0.15) is 0 Å². The minimum absolute atomic E-state index is 0.152. The lowest BCUT2D eigenvalue weighted by Gasteiger charge is -2.33. The van der Waals surface area contributed by atoms with Gasteiger partial charge in [-0.15, -0.1) is 11.3 Å². The minimum atomic E-state index is -3.06. The molecule has 1 amide bonds. The highest BCUT2D eigenvalue weighted by atomic mass is 32.2. The predicted molar refractivity (Wildman–Crippen MR) is 92.2 cm³/mol. The van der Waals surface area contributed by atoms with Crippen LogP contribution in [0.1, 0.15) is 33.8 Å². The first-order valence-corrected chi connectivity index (χ1v) is 10.8. The van der Waals surface area contributed by atoms with Gasteiger partial charge in [-0.05, 0) is 50.2 Å². The van der Waals surface area contributed by atoms with Gasteiger partial charge in [0, 0.05) is 31.1 Å². The number of piperidine rings is 1. The highest BCUT2D eigenvalue weighted by molar-refractivity contribution is 7.88. The molecule has 0 saturated carbocycles. The predicted octanol–water partition coefficient (Wildman–Crippen LogP) is 2.19. The summed E-state index contributed by atoms with van der Waals surface area (Å²) < 4.78 is 24.8. The largest absolute Gasteiger partial charge is 0.338 e. The zero-order valence-corrected chi connectivity index (χ0v) is 15.3. The summed E-state index contributed by atoms with van der Waals surface area (Å²) >= 11 is 1.56. The molecule has 0 N–H and O–H groups in total. The Kier molecular flexibility index (Phi) is 4.80. The van der Waals surface area contributed by atoms with E-state index in [4.69, 9.17) is 0 Å². The number of hydrogen-bond donors (Lipinski definition) is 0. The molecule has 1 atom stereocenters. The van der Waals surface area contributed by atoms with E-state index in [1.807, 2.05) is 24.0 Å². The van der Waals surface area contributed by atoms with Gasteiger partial charge in [0.2, 0.25) is 10.0 Å². The van der Waals surface area contributed by atoms with Gasteiger partial charge in [0.15, 0.2) is 0 Å². The van der Waals surface area contributed by atoms with Crippen molar-refractivity contribution in [2.75, 3.05) is 32.4 Å². The molecule has 2 aliphatic rings. The van der Waals surface area contributed by atoms with Crippen molar-refractivity contribution in [2.45, 2.75) is 26.2 Å². The van der Waals surface area contributed by atoms with E-state index in [0.29, 0.717) is 24.9 Å². The summed E-state index contributed by atoms with van der Waals surface area (Å²) in [6.45, 7) is 4.91. The maximum absolute atomic E-state index is 12.5. The molecular weight excluding hydrogens is 332 g/mol. The van der Waals surface area contributed by atoms with E-state index in [-0.39, 0.29) is 5.91 Å². The number of sulfonamides is 1. The van der Waals surface area contributed by atoms with Gasteiger partial charge in [-0.25, -0.2) is 12.7 Å². The summed E-state index contributed by atoms with van der Waals surface area (Å²) in [6, 6.07) is 3.91. The van der Waals surface area contributed by atoms with Crippen LogP contribution in [0.4, 0.5) is 0 Å². The molecule has 7 heteroatoms. The summed E-state index contributed by atoms with van der Waals surface area (Å²) in [6.07, 6.45) is 4.15. The zero-order chi connectivity index (χ0) is 16.6.